The van der Waals surface area contributed by atoms with Crippen molar-refractivity contribution in [1.29, 1.82) is 0 Å². The molecule has 2 rings (SSSR count). The molecule has 92 valence electrons. The zero-order chi connectivity index (χ0) is 12.3. The van der Waals surface area contributed by atoms with Crippen LogP contribution < -0.4 is 0 Å². The Morgan fingerprint density at radius 3 is 2.76 bits per heavy atom. The highest BCUT2D eigenvalue weighted by Gasteiger charge is 2.17. The third kappa shape index (κ3) is 3.00. The van der Waals surface area contributed by atoms with Crippen LogP contribution in [0.25, 0.3) is 0 Å². The maximum absolute atomic E-state index is 3.83. The minimum Gasteiger partial charge on any atom is -0.103 e. The van der Waals surface area contributed by atoms with Crippen LogP contribution in [0.4, 0.5) is 0 Å². The molecule has 0 heterocycles. The summed E-state index contributed by atoms with van der Waals surface area (Å²) >= 11 is 0. The van der Waals surface area contributed by atoms with E-state index in [0.717, 1.165) is 6.42 Å². The SMILES string of the molecule is C=CCCC1=C(C)CC2=C(C=C(C)CC2)CC1. The van der Waals surface area contributed by atoms with E-state index in [1.54, 1.807) is 27.9 Å². The Labute approximate surface area is 106 Å². The topological polar surface area (TPSA) is 0 Å². The van der Waals surface area contributed by atoms with Crippen molar-refractivity contribution in [3.05, 3.63) is 46.6 Å². The van der Waals surface area contributed by atoms with Crippen molar-refractivity contribution in [3.8, 4) is 0 Å². The molecule has 17 heavy (non-hydrogen) atoms. The Balaban J connectivity index is 2.13. The van der Waals surface area contributed by atoms with Gasteiger partial charge in [0.05, 0.1) is 0 Å². The van der Waals surface area contributed by atoms with Crippen LogP contribution in [0.15, 0.2) is 46.6 Å². The zero-order valence-electron chi connectivity index (χ0n) is 11.3. The largest absolute Gasteiger partial charge is 0.103 e. The van der Waals surface area contributed by atoms with Gasteiger partial charge < -0.3 is 0 Å². The molecule has 0 aromatic rings. The van der Waals surface area contributed by atoms with Crippen molar-refractivity contribution < 1.29 is 0 Å². The second-order valence-electron chi connectivity index (χ2n) is 5.51. The molecule has 0 bridgehead atoms. The van der Waals surface area contributed by atoms with Crippen LogP contribution in [-0.2, 0) is 0 Å². The van der Waals surface area contributed by atoms with E-state index < -0.39 is 0 Å². The van der Waals surface area contributed by atoms with Gasteiger partial charge in [0, 0.05) is 0 Å². The van der Waals surface area contributed by atoms with Crippen molar-refractivity contribution in [1.82, 2.24) is 0 Å². The standard InChI is InChI=1S/C17H24/c1-4-5-6-15-9-10-16-11-13(2)7-8-17(16)12-14(15)3/h4,11H,1,5-10,12H2,2-3H3. The van der Waals surface area contributed by atoms with Gasteiger partial charge >= 0.3 is 0 Å². The van der Waals surface area contributed by atoms with Crippen LogP contribution in [0.1, 0.15) is 58.8 Å². The molecule has 0 radical (unpaired) electrons. The van der Waals surface area contributed by atoms with Crippen LogP contribution >= 0.6 is 0 Å². The molecule has 0 saturated carbocycles. The molecule has 0 heteroatoms. The average molecular weight is 228 g/mol. The molecule has 2 aliphatic rings. The predicted molar refractivity (Wildman–Crippen MR) is 76.0 cm³/mol. The first-order valence-corrected chi connectivity index (χ1v) is 6.87. The monoisotopic (exact) mass is 228 g/mol. The Morgan fingerprint density at radius 2 is 2.00 bits per heavy atom. The fourth-order valence-corrected chi connectivity index (χ4v) is 2.99. The first-order valence-electron chi connectivity index (χ1n) is 6.87. The summed E-state index contributed by atoms with van der Waals surface area (Å²) in [7, 11) is 0. The molecule has 0 aromatic heterocycles. The van der Waals surface area contributed by atoms with E-state index in [2.05, 4.69) is 26.5 Å². The summed E-state index contributed by atoms with van der Waals surface area (Å²) in [6, 6.07) is 0. The van der Waals surface area contributed by atoms with E-state index in [-0.39, 0.29) is 0 Å². The lowest BCUT2D eigenvalue weighted by molar-refractivity contribution is 0.826. The molecule has 0 spiro atoms. The third-order valence-electron chi connectivity index (χ3n) is 4.12. The fourth-order valence-electron chi connectivity index (χ4n) is 2.99. The number of rotatable bonds is 3. The highest BCUT2D eigenvalue weighted by Crippen LogP contribution is 2.36. The number of allylic oxidation sites excluding steroid dienone is 7. The molecular weight excluding hydrogens is 204 g/mol. The van der Waals surface area contributed by atoms with Crippen LogP contribution in [0.5, 0.6) is 0 Å². The number of hydrogen-bond donors (Lipinski definition) is 0. The summed E-state index contributed by atoms with van der Waals surface area (Å²) in [5, 5.41) is 0. The van der Waals surface area contributed by atoms with Crippen molar-refractivity contribution in [2.75, 3.05) is 0 Å². The van der Waals surface area contributed by atoms with E-state index in [0.29, 0.717) is 0 Å². The second-order valence-corrected chi connectivity index (χ2v) is 5.51. The summed E-state index contributed by atoms with van der Waals surface area (Å²) in [6.07, 6.45) is 13.2. The first-order chi connectivity index (χ1) is 8.20. The van der Waals surface area contributed by atoms with Gasteiger partial charge in [-0.3, -0.25) is 0 Å². The smallest absolute Gasteiger partial charge is 0.0103 e. The van der Waals surface area contributed by atoms with E-state index >= 15 is 0 Å². The normalized spacial score (nSPS) is 20.9. The zero-order valence-corrected chi connectivity index (χ0v) is 11.3. The third-order valence-corrected chi connectivity index (χ3v) is 4.12. The van der Waals surface area contributed by atoms with Gasteiger partial charge in [-0.15, -0.1) is 6.58 Å². The summed E-state index contributed by atoms with van der Waals surface area (Å²) in [5.41, 5.74) is 8.23. The summed E-state index contributed by atoms with van der Waals surface area (Å²) < 4.78 is 0. The van der Waals surface area contributed by atoms with Crippen molar-refractivity contribution in [2.24, 2.45) is 0 Å². The van der Waals surface area contributed by atoms with Crippen molar-refractivity contribution >= 4 is 0 Å². The Kier molecular flexibility index (Phi) is 4.04. The predicted octanol–water partition coefficient (Wildman–Crippen LogP) is 5.49. The molecule has 0 unspecified atom stereocenters. The van der Waals surface area contributed by atoms with E-state index in [4.69, 9.17) is 0 Å². The lowest BCUT2D eigenvalue weighted by atomic mass is 9.89. The first kappa shape index (κ1) is 12.4. The lowest BCUT2D eigenvalue weighted by Crippen LogP contribution is -1.97. The van der Waals surface area contributed by atoms with Crippen LogP contribution in [-0.4, -0.2) is 0 Å². The molecule has 0 saturated heterocycles. The summed E-state index contributed by atoms with van der Waals surface area (Å²) in [4.78, 5) is 0. The maximum atomic E-state index is 3.83. The van der Waals surface area contributed by atoms with Crippen LogP contribution in [0, 0.1) is 0 Å². The molecule has 0 aliphatic heterocycles. The second kappa shape index (κ2) is 5.53. The Bertz CT molecular complexity index is 402. The van der Waals surface area contributed by atoms with Gasteiger partial charge in [0.1, 0.15) is 0 Å². The molecule has 0 nitrogen and oxygen atoms in total. The quantitative estimate of drug-likeness (QED) is 0.560. The summed E-state index contributed by atoms with van der Waals surface area (Å²) in [6.45, 7) is 8.44. The van der Waals surface area contributed by atoms with E-state index in [1.165, 1.54) is 38.5 Å². The van der Waals surface area contributed by atoms with Gasteiger partial charge in [-0.2, -0.15) is 0 Å². The van der Waals surface area contributed by atoms with Crippen molar-refractivity contribution in [3.63, 3.8) is 0 Å². The van der Waals surface area contributed by atoms with Gasteiger partial charge in [0.2, 0.25) is 0 Å². The highest BCUT2D eigenvalue weighted by atomic mass is 14.2. The van der Waals surface area contributed by atoms with Crippen LogP contribution in [0.3, 0.4) is 0 Å². The van der Waals surface area contributed by atoms with Gasteiger partial charge in [0.15, 0.2) is 0 Å². The molecule has 0 N–H and O–H groups in total. The molecule has 0 fully saturated rings. The minimum absolute atomic E-state index is 1.13. The lowest BCUT2D eigenvalue weighted by Gasteiger charge is -2.17. The van der Waals surface area contributed by atoms with Crippen LogP contribution in [0.2, 0.25) is 0 Å². The van der Waals surface area contributed by atoms with Gasteiger partial charge in [-0.1, -0.05) is 34.4 Å². The molecule has 2 aliphatic carbocycles. The summed E-state index contributed by atoms with van der Waals surface area (Å²) in [5.74, 6) is 0. The van der Waals surface area contributed by atoms with Gasteiger partial charge in [-0.05, 0) is 64.4 Å². The molecule has 0 amide bonds. The minimum atomic E-state index is 1.13. The molecule has 0 aromatic carbocycles. The fraction of sp³-hybridized carbons (Fsp3) is 0.529. The van der Waals surface area contributed by atoms with Gasteiger partial charge in [-0.25, -0.2) is 0 Å². The molecule has 0 atom stereocenters. The molecular formula is C17H24. The Hall–Kier alpha value is -1.04. The number of hydrogen-bond acceptors (Lipinski definition) is 0. The van der Waals surface area contributed by atoms with E-state index in [1.807, 2.05) is 6.08 Å². The highest BCUT2D eigenvalue weighted by molar-refractivity contribution is 5.38. The van der Waals surface area contributed by atoms with Gasteiger partial charge in [0.25, 0.3) is 0 Å². The Morgan fingerprint density at radius 1 is 1.18 bits per heavy atom. The van der Waals surface area contributed by atoms with Crippen molar-refractivity contribution in [2.45, 2.75) is 58.8 Å². The van der Waals surface area contributed by atoms with E-state index in [9.17, 15) is 0 Å². The maximum Gasteiger partial charge on any atom is -0.0103 e. The average Bonchev–Trinajstić information content (AvgIpc) is 2.46.